The number of hydrogen-bond donors (Lipinski definition) is 4. The summed E-state index contributed by atoms with van der Waals surface area (Å²) in [7, 11) is 0. The predicted octanol–water partition coefficient (Wildman–Crippen LogP) is 2.03. The Morgan fingerprint density at radius 1 is 0.840 bits per heavy atom. The van der Waals surface area contributed by atoms with E-state index in [0.717, 1.165) is 6.92 Å². The van der Waals surface area contributed by atoms with Crippen molar-refractivity contribution in [2.75, 3.05) is 0 Å². The predicted molar refractivity (Wildman–Crippen MR) is 69.4 cm³/mol. The molecule has 0 amide bonds. The van der Waals surface area contributed by atoms with Crippen LogP contribution in [0, 0.1) is 0 Å². The molecule has 0 aliphatic rings. The Hall–Kier alpha value is -2.08. The highest BCUT2D eigenvalue weighted by Crippen LogP contribution is 2.51. The monoisotopic (exact) mass is 380 g/mol. The van der Waals surface area contributed by atoms with E-state index in [1.54, 1.807) is 0 Å². The summed E-state index contributed by atoms with van der Waals surface area (Å²) < 4.78 is 81.6. The molecule has 0 fully saturated rings. The quantitative estimate of drug-likeness (QED) is 0.291. The van der Waals surface area contributed by atoms with Crippen LogP contribution in [0.15, 0.2) is 23.3 Å². The Bertz CT molecular complexity index is 608. The van der Waals surface area contributed by atoms with Crippen LogP contribution in [0.5, 0.6) is 0 Å². The molecule has 0 heterocycles. The van der Waals surface area contributed by atoms with Crippen molar-refractivity contribution < 1.29 is 56.4 Å². The van der Waals surface area contributed by atoms with E-state index in [-0.39, 0.29) is 6.08 Å². The van der Waals surface area contributed by atoms with Gasteiger partial charge in [0.15, 0.2) is 0 Å². The Labute approximate surface area is 136 Å². The van der Waals surface area contributed by atoms with E-state index >= 15 is 0 Å². The summed E-state index contributed by atoms with van der Waals surface area (Å²) in [6.07, 6.45) is -2.70. The first kappa shape index (κ1) is 22.9. The summed E-state index contributed by atoms with van der Waals surface area (Å²) in [5.74, 6) is -26.8. The zero-order valence-corrected chi connectivity index (χ0v) is 12.7. The molecule has 0 aromatic rings. The Morgan fingerprint density at radius 2 is 1.24 bits per heavy atom. The third-order valence-electron chi connectivity index (χ3n) is 3.07. The molecule has 0 aromatic heterocycles. The number of allylic oxidation sites excluding steroid dienone is 1. The van der Waals surface area contributed by atoms with Gasteiger partial charge in [-0.25, -0.2) is 9.59 Å². The molecule has 0 bridgehead atoms. The normalized spacial score (nSPS) is 15.3. The van der Waals surface area contributed by atoms with Gasteiger partial charge in [-0.1, -0.05) is 6.08 Å². The average molecular weight is 380 g/mol. The first-order valence-electron chi connectivity index (χ1n) is 6.31. The van der Waals surface area contributed by atoms with Gasteiger partial charge in [-0.3, -0.25) is 0 Å². The van der Waals surface area contributed by atoms with E-state index in [1.807, 2.05) is 0 Å². The lowest BCUT2D eigenvalue weighted by Gasteiger charge is -2.37. The molecular weight excluding hydrogens is 366 g/mol. The third-order valence-corrected chi connectivity index (χ3v) is 3.07. The molecule has 0 atom stereocenters. The largest absolute Gasteiger partial charge is 0.478 e. The molecule has 0 radical (unpaired) electrons. The van der Waals surface area contributed by atoms with E-state index in [0.29, 0.717) is 6.92 Å². The number of carboxylic acid groups (broad SMARTS) is 2. The van der Waals surface area contributed by atoms with Crippen molar-refractivity contribution in [3.63, 3.8) is 0 Å². The first-order valence-corrected chi connectivity index (χ1v) is 6.31. The molecule has 0 saturated carbocycles. The van der Waals surface area contributed by atoms with Crippen LogP contribution in [0.25, 0.3) is 0 Å². The van der Waals surface area contributed by atoms with Gasteiger partial charge in [-0.2, -0.15) is 26.3 Å². The SMILES string of the molecule is CC(=CCC(F)(F)C(F)(F)C(F)(F)C(O)(O)C=C(C)C(=O)O)C(=O)O. The molecule has 0 unspecified atom stereocenters. The first-order chi connectivity index (χ1) is 10.9. The Morgan fingerprint density at radius 3 is 1.60 bits per heavy atom. The van der Waals surface area contributed by atoms with Gasteiger partial charge in [0.1, 0.15) is 0 Å². The zero-order chi connectivity index (χ0) is 20.4. The van der Waals surface area contributed by atoms with Crippen LogP contribution >= 0.6 is 0 Å². The number of carboxylic acids is 2. The van der Waals surface area contributed by atoms with E-state index in [2.05, 4.69) is 0 Å². The van der Waals surface area contributed by atoms with Crippen LogP contribution in [0.4, 0.5) is 26.3 Å². The van der Waals surface area contributed by atoms with Gasteiger partial charge in [-0.05, 0) is 19.9 Å². The van der Waals surface area contributed by atoms with E-state index in [9.17, 15) is 35.9 Å². The number of alkyl halides is 6. The smallest absolute Gasteiger partial charge is 0.378 e. The summed E-state index contributed by atoms with van der Waals surface area (Å²) in [4.78, 5) is 20.9. The lowest BCUT2D eigenvalue weighted by Crippen LogP contribution is -2.64. The summed E-state index contributed by atoms with van der Waals surface area (Å²) in [6.45, 7) is 1.28. The van der Waals surface area contributed by atoms with Gasteiger partial charge >= 0.3 is 29.7 Å². The average Bonchev–Trinajstić information content (AvgIpc) is 2.43. The second-order valence-corrected chi connectivity index (χ2v) is 5.11. The van der Waals surface area contributed by atoms with Crippen molar-refractivity contribution in [1.29, 1.82) is 0 Å². The number of aliphatic carboxylic acids is 2. The zero-order valence-electron chi connectivity index (χ0n) is 12.7. The van der Waals surface area contributed by atoms with Gasteiger partial charge in [-0.15, -0.1) is 0 Å². The van der Waals surface area contributed by atoms with Gasteiger partial charge in [0, 0.05) is 17.6 Å². The molecule has 0 spiro atoms. The second kappa shape index (κ2) is 7.04. The highest BCUT2D eigenvalue weighted by Gasteiger charge is 2.77. The van der Waals surface area contributed by atoms with Crippen molar-refractivity contribution in [1.82, 2.24) is 0 Å². The van der Waals surface area contributed by atoms with Crippen LogP contribution in [0.2, 0.25) is 0 Å². The van der Waals surface area contributed by atoms with Gasteiger partial charge < -0.3 is 20.4 Å². The summed E-state index contributed by atoms with van der Waals surface area (Å²) in [6, 6.07) is 0. The maximum absolute atomic E-state index is 13.7. The maximum Gasteiger partial charge on any atom is 0.378 e. The molecule has 4 N–H and O–H groups in total. The number of halogens is 6. The summed E-state index contributed by atoms with van der Waals surface area (Å²) >= 11 is 0. The van der Waals surface area contributed by atoms with Crippen LogP contribution in [0.1, 0.15) is 20.3 Å². The fourth-order valence-electron chi connectivity index (χ4n) is 1.41. The van der Waals surface area contributed by atoms with Crippen molar-refractivity contribution in [3.8, 4) is 0 Å². The molecule has 25 heavy (non-hydrogen) atoms. The number of hydrogen-bond acceptors (Lipinski definition) is 4. The lowest BCUT2D eigenvalue weighted by atomic mass is 9.93. The molecule has 0 aliphatic heterocycles. The van der Waals surface area contributed by atoms with Crippen molar-refractivity contribution in [3.05, 3.63) is 23.3 Å². The third kappa shape index (κ3) is 4.51. The van der Waals surface area contributed by atoms with Crippen molar-refractivity contribution in [2.45, 2.75) is 43.8 Å². The Kier molecular flexibility index (Phi) is 6.45. The van der Waals surface area contributed by atoms with Crippen molar-refractivity contribution in [2.24, 2.45) is 0 Å². The molecule has 6 nitrogen and oxygen atoms in total. The minimum Gasteiger partial charge on any atom is -0.478 e. The number of aliphatic hydroxyl groups is 2. The topological polar surface area (TPSA) is 115 Å². The van der Waals surface area contributed by atoms with Gasteiger partial charge in [0.05, 0.1) is 0 Å². The molecule has 0 rings (SSSR count). The highest BCUT2D eigenvalue weighted by atomic mass is 19.3. The van der Waals surface area contributed by atoms with Crippen LogP contribution in [0.3, 0.4) is 0 Å². The van der Waals surface area contributed by atoms with Crippen LogP contribution in [-0.4, -0.2) is 55.9 Å². The van der Waals surface area contributed by atoms with E-state index in [1.165, 1.54) is 0 Å². The Balaban J connectivity index is 5.94. The van der Waals surface area contributed by atoms with Crippen LogP contribution < -0.4 is 0 Å². The number of rotatable bonds is 8. The van der Waals surface area contributed by atoms with Gasteiger partial charge in [0.25, 0.3) is 5.79 Å². The minimum atomic E-state index is -6.37. The highest BCUT2D eigenvalue weighted by molar-refractivity contribution is 5.86. The second-order valence-electron chi connectivity index (χ2n) is 5.11. The number of carbonyl (C=O) groups is 2. The van der Waals surface area contributed by atoms with E-state index < -0.39 is 59.1 Å². The van der Waals surface area contributed by atoms with E-state index in [4.69, 9.17) is 20.4 Å². The molecule has 0 aromatic carbocycles. The lowest BCUT2D eigenvalue weighted by molar-refractivity contribution is -0.384. The maximum atomic E-state index is 13.7. The molecular formula is C13H14F6O6. The van der Waals surface area contributed by atoms with Crippen molar-refractivity contribution >= 4 is 11.9 Å². The van der Waals surface area contributed by atoms with Gasteiger partial charge in [0.2, 0.25) is 0 Å². The summed E-state index contributed by atoms with van der Waals surface area (Å²) in [5.41, 5.74) is -2.05. The molecule has 0 saturated heterocycles. The summed E-state index contributed by atoms with van der Waals surface area (Å²) in [5, 5.41) is 35.0. The van der Waals surface area contributed by atoms with Crippen LogP contribution in [-0.2, 0) is 9.59 Å². The molecule has 0 aliphatic carbocycles. The fourth-order valence-corrected chi connectivity index (χ4v) is 1.41. The molecule has 12 heteroatoms. The minimum absolute atomic E-state index is 0.0566. The fraction of sp³-hybridized carbons (Fsp3) is 0.538. The molecule has 144 valence electrons. The standard InChI is InChI=1S/C13H14F6O6/c1-6(8(20)21)3-4-10(14,15)12(16,17)13(18,19)11(24,25)5-7(2)9(22)23/h3,5,24-25H,4H2,1-2H3,(H,20,21)(H,22,23).